The number of benzene rings is 2. The fourth-order valence-corrected chi connectivity index (χ4v) is 4.77. The number of carbonyl (C=O) groups excluding carboxylic acids is 2. The molecule has 30 heavy (non-hydrogen) atoms. The Hall–Kier alpha value is -2.41. The highest BCUT2D eigenvalue weighted by Crippen LogP contribution is 2.47. The summed E-state index contributed by atoms with van der Waals surface area (Å²) in [6, 6.07) is 9.24. The van der Waals surface area contributed by atoms with Gasteiger partial charge in [0.25, 0.3) is 5.69 Å². The normalized spacial score (nSPS) is 19.2. The predicted molar refractivity (Wildman–Crippen MR) is 115 cm³/mol. The molecule has 1 heterocycles. The van der Waals surface area contributed by atoms with E-state index in [2.05, 4.69) is 0 Å². The average Bonchev–Trinajstić information content (AvgIpc) is 2.70. The van der Waals surface area contributed by atoms with Crippen molar-refractivity contribution in [3.63, 3.8) is 0 Å². The van der Waals surface area contributed by atoms with Crippen LogP contribution in [0.5, 0.6) is 0 Å². The molecular weight excluding hydrogens is 451 g/mol. The largest absolute Gasteiger partial charge is 0.294 e. The molecule has 154 valence electrons. The van der Waals surface area contributed by atoms with Gasteiger partial charge in [0.15, 0.2) is 5.78 Å². The number of allylic oxidation sites excluding steroid dienone is 2. The number of ketones is 1. The second-order valence-electron chi connectivity index (χ2n) is 7.16. The quantitative estimate of drug-likeness (QED) is 0.406. The number of nitrogens with zero attached hydrogens (tertiary/aromatic N) is 2. The Morgan fingerprint density at radius 2 is 1.83 bits per heavy atom. The van der Waals surface area contributed by atoms with Gasteiger partial charge in [-0.2, -0.15) is 0 Å². The minimum atomic E-state index is -0.584. The maximum atomic E-state index is 13.2. The minimum absolute atomic E-state index is 0.0512. The number of Topliss-reactive ketones (excluding diaryl/α,β-unsaturated/α-hetero) is 1. The lowest BCUT2D eigenvalue weighted by atomic mass is 9.77. The van der Waals surface area contributed by atoms with Crippen LogP contribution < -0.4 is 4.90 Å². The maximum absolute atomic E-state index is 13.2. The number of anilines is 1. The van der Waals surface area contributed by atoms with Crippen molar-refractivity contribution in [1.29, 1.82) is 0 Å². The van der Waals surface area contributed by atoms with Crippen molar-refractivity contribution in [1.82, 2.24) is 0 Å². The Bertz CT molecular complexity index is 1130. The molecule has 1 aliphatic heterocycles. The molecule has 0 N–H and O–H groups in total. The van der Waals surface area contributed by atoms with Crippen molar-refractivity contribution in [2.75, 3.05) is 4.90 Å². The zero-order valence-electron chi connectivity index (χ0n) is 15.5. The SMILES string of the molecule is O=C1CCCC2=C1C(c1cccc(Cl)c1Cl)CC(=O)N2c1ccc(Cl)cc1[N+](=O)[O-]. The first-order chi connectivity index (χ1) is 14.3. The molecule has 0 spiro atoms. The predicted octanol–water partition coefficient (Wildman–Crippen LogP) is 6.08. The van der Waals surface area contributed by atoms with E-state index in [4.69, 9.17) is 34.8 Å². The second kappa shape index (κ2) is 8.02. The Balaban J connectivity index is 1.93. The molecule has 0 saturated heterocycles. The molecule has 9 heteroatoms. The van der Waals surface area contributed by atoms with Crippen LogP contribution in [0.3, 0.4) is 0 Å². The van der Waals surface area contributed by atoms with Crippen LogP contribution in [0.4, 0.5) is 11.4 Å². The van der Waals surface area contributed by atoms with E-state index in [0.29, 0.717) is 46.1 Å². The van der Waals surface area contributed by atoms with E-state index in [0.717, 1.165) is 0 Å². The summed E-state index contributed by atoms with van der Waals surface area (Å²) in [5.74, 6) is -0.990. The number of nitro benzene ring substituents is 1. The molecule has 1 amide bonds. The zero-order chi connectivity index (χ0) is 21.6. The molecule has 2 aromatic rings. The third kappa shape index (κ3) is 3.49. The fraction of sp³-hybridized carbons (Fsp3) is 0.238. The highest BCUT2D eigenvalue weighted by molar-refractivity contribution is 6.42. The summed E-state index contributed by atoms with van der Waals surface area (Å²) in [6.45, 7) is 0. The van der Waals surface area contributed by atoms with Crippen molar-refractivity contribution in [2.45, 2.75) is 31.6 Å². The molecule has 1 unspecified atom stereocenters. The highest BCUT2D eigenvalue weighted by atomic mass is 35.5. The first kappa shape index (κ1) is 20.8. The highest BCUT2D eigenvalue weighted by Gasteiger charge is 2.42. The third-order valence-electron chi connectivity index (χ3n) is 5.41. The van der Waals surface area contributed by atoms with Crippen molar-refractivity contribution < 1.29 is 14.5 Å². The number of nitro groups is 1. The number of hydrogen-bond acceptors (Lipinski definition) is 4. The van der Waals surface area contributed by atoms with E-state index >= 15 is 0 Å². The van der Waals surface area contributed by atoms with Crippen LogP contribution >= 0.6 is 34.8 Å². The van der Waals surface area contributed by atoms with E-state index < -0.39 is 10.8 Å². The van der Waals surface area contributed by atoms with Crippen LogP contribution in [0.2, 0.25) is 15.1 Å². The molecule has 0 fully saturated rings. The van der Waals surface area contributed by atoms with E-state index in [-0.39, 0.29) is 34.5 Å². The Labute approximate surface area is 187 Å². The number of halogens is 3. The van der Waals surface area contributed by atoms with Crippen LogP contribution in [-0.2, 0) is 9.59 Å². The third-order valence-corrected chi connectivity index (χ3v) is 6.48. The van der Waals surface area contributed by atoms with Crippen molar-refractivity contribution in [3.8, 4) is 0 Å². The van der Waals surface area contributed by atoms with Crippen LogP contribution in [0.25, 0.3) is 0 Å². The van der Waals surface area contributed by atoms with Gasteiger partial charge in [0, 0.05) is 41.1 Å². The molecular formula is C21H15Cl3N2O4. The molecule has 0 bridgehead atoms. The summed E-state index contributed by atoms with van der Waals surface area (Å²) in [7, 11) is 0. The molecule has 6 nitrogen and oxygen atoms in total. The smallest absolute Gasteiger partial charge is 0.294 e. The molecule has 2 aliphatic rings. The van der Waals surface area contributed by atoms with Crippen LogP contribution in [0.1, 0.15) is 37.2 Å². The first-order valence-electron chi connectivity index (χ1n) is 9.26. The molecule has 0 radical (unpaired) electrons. The molecule has 1 atom stereocenters. The lowest BCUT2D eigenvalue weighted by Crippen LogP contribution is -2.40. The lowest BCUT2D eigenvalue weighted by molar-refractivity contribution is -0.384. The van der Waals surface area contributed by atoms with Crippen LogP contribution in [-0.4, -0.2) is 16.6 Å². The van der Waals surface area contributed by atoms with Gasteiger partial charge in [0.05, 0.1) is 15.0 Å². The van der Waals surface area contributed by atoms with Gasteiger partial charge in [-0.1, -0.05) is 46.9 Å². The Morgan fingerprint density at radius 3 is 2.57 bits per heavy atom. The van der Waals surface area contributed by atoms with E-state index in [9.17, 15) is 19.7 Å². The second-order valence-corrected chi connectivity index (χ2v) is 8.38. The van der Waals surface area contributed by atoms with Gasteiger partial charge < -0.3 is 0 Å². The standard InChI is InChI=1S/C21H15Cl3N2O4/c22-11-7-8-15(17(9-11)26(29)30)25-16-5-2-6-18(27)20(16)13(10-19(25)28)12-3-1-4-14(23)21(12)24/h1,3-4,7-9,13H,2,5-6,10H2. The lowest BCUT2D eigenvalue weighted by Gasteiger charge is -2.38. The maximum Gasteiger partial charge on any atom is 0.294 e. The number of carbonyl (C=O) groups is 2. The summed E-state index contributed by atoms with van der Waals surface area (Å²) in [6.07, 6.45) is 1.29. The molecule has 1 aliphatic carbocycles. The van der Waals surface area contributed by atoms with Gasteiger partial charge in [0.1, 0.15) is 5.69 Å². The van der Waals surface area contributed by atoms with Gasteiger partial charge in [0.2, 0.25) is 5.91 Å². The van der Waals surface area contributed by atoms with Crippen LogP contribution in [0, 0.1) is 10.1 Å². The fourth-order valence-electron chi connectivity index (χ4n) is 4.16. The van der Waals surface area contributed by atoms with Crippen molar-refractivity contribution >= 4 is 57.9 Å². The number of rotatable bonds is 3. The molecule has 4 rings (SSSR count). The summed E-state index contributed by atoms with van der Waals surface area (Å²) >= 11 is 18.5. The van der Waals surface area contributed by atoms with Gasteiger partial charge >= 0.3 is 0 Å². The summed E-state index contributed by atoms with van der Waals surface area (Å²) < 4.78 is 0. The summed E-state index contributed by atoms with van der Waals surface area (Å²) in [5.41, 5.74) is 1.36. The van der Waals surface area contributed by atoms with E-state index in [1.165, 1.54) is 23.1 Å². The Morgan fingerprint density at radius 1 is 1.07 bits per heavy atom. The monoisotopic (exact) mass is 464 g/mol. The van der Waals surface area contributed by atoms with Gasteiger partial charge in [-0.15, -0.1) is 0 Å². The Kier molecular flexibility index (Phi) is 5.57. The first-order valence-corrected chi connectivity index (χ1v) is 10.4. The average molecular weight is 466 g/mol. The summed E-state index contributed by atoms with van der Waals surface area (Å²) in [5, 5.41) is 12.4. The van der Waals surface area contributed by atoms with E-state index in [1.54, 1.807) is 18.2 Å². The zero-order valence-corrected chi connectivity index (χ0v) is 17.8. The minimum Gasteiger partial charge on any atom is -0.294 e. The number of amides is 1. The van der Waals surface area contributed by atoms with Gasteiger partial charge in [-0.05, 0) is 36.6 Å². The van der Waals surface area contributed by atoms with Crippen molar-refractivity contribution in [3.05, 3.63) is 78.4 Å². The topological polar surface area (TPSA) is 80.5 Å². The molecule has 0 aromatic heterocycles. The van der Waals surface area contributed by atoms with Crippen molar-refractivity contribution in [2.24, 2.45) is 0 Å². The molecule has 2 aromatic carbocycles. The van der Waals surface area contributed by atoms with Crippen LogP contribution in [0.15, 0.2) is 47.7 Å². The van der Waals surface area contributed by atoms with E-state index in [1.807, 2.05) is 0 Å². The number of hydrogen-bond donors (Lipinski definition) is 0. The molecule has 0 saturated carbocycles. The van der Waals surface area contributed by atoms with Gasteiger partial charge in [-0.3, -0.25) is 24.6 Å². The summed E-state index contributed by atoms with van der Waals surface area (Å²) in [4.78, 5) is 38.5. The van der Waals surface area contributed by atoms with Gasteiger partial charge in [-0.25, -0.2) is 0 Å².